The third-order valence-electron chi connectivity index (χ3n) is 1.88. The molecule has 0 bridgehead atoms. The van der Waals surface area contributed by atoms with Crippen LogP contribution in [0.2, 0.25) is 0 Å². The average Bonchev–Trinajstić information content (AvgIpc) is 2.21. The highest BCUT2D eigenvalue weighted by atomic mass is 31.0. The van der Waals surface area contributed by atoms with Crippen LogP contribution in [0.4, 0.5) is 0 Å². The molecule has 0 heterocycles. The van der Waals surface area contributed by atoms with Crippen LogP contribution in [-0.4, -0.2) is 0 Å². The fourth-order valence-corrected chi connectivity index (χ4v) is 1.26. The van der Waals surface area contributed by atoms with Crippen LogP contribution in [0.5, 0.6) is 0 Å². The number of benzene rings is 2. The molecule has 0 saturated carbocycles. The fraction of sp³-hybridized carbons (Fsp3) is 0. The standard InChI is InChI=1S/C12H10.2H3P/c1-3-7-11(8-4-1)12-9-5-2-6-10-12;;/h1-10H;2*1H3. The van der Waals surface area contributed by atoms with E-state index in [2.05, 4.69) is 48.5 Å². The van der Waals surface area contributed by atoms with Crippen LogP contribution in [0.1, 0.15) is 0 Å². The van der Waals surface area contributed by atoms with E-state index in [-0.39, 0.29) is 19.8 Å². The Kier molecular flexibility index (Phi) is 6.37. The first-order valence-electron chi connectivity index (χ1n) is 4.07. The van der Waals surface area contributed by atoms with Gasteiger partial charge in [-0.3, -0.25) is 0 Å². The quantitative estimate of drug-likeness (QED) is 0.648. The molecule has 0 aromatic heterocycles. The molecular formula is C12H16P2. The largest absolute Gasteiger partial charge is 0.153 e. The van der Waals surface area contributed by atoms with E-state index >= 15 is 0 Å². The maximum absolute atomic E-state index is 2.12. The van der Waals surface area contributed by atoms with Gasteiger partial charge in [-0.05, 0) is 11.1 Å². The van der Waals surface area contributed by atoms with Crippen LogP contribution in [0, 0.1) is 0 Å². The highest BCUT2D eigenvalue weighted by Gasteiger charge is 1.91. The van der Waals surface area contributed by atoms with Crippen LogP contribution in [0.3, 0.4) is 0 Å². The Morgan fingerprint density at radius 2 is 0.714 bits per heavy atom. The van der Waals surface area contributed by atoms with E-state index in [0.29, 0.717) is 0 Å². The maximum atomic E-state index is 2.12. The van der Waals surface area contributed by atoms with Gasteiger partial charge in [0.25, 0.3) is 0 Å². The lowest BCUT2D eigenvalue weighted by atomic mass is 10.1. The third-order valence-corrected chi connectivity index (χ3v) is 1.88. The van der Waals surface area contributed by atoms with Crippen LogP contribution >= 0.6 is 19.8 Å². The second kappa shape index (κ2) is 6.71. The summed E-state index contributed by atoms with van der Waals surface area (Å²) in [6.45, 7) is 0. The van der Waals surface area contributed by atoms with Gasteiger partial charge in [-0.15, -0.1) is 0 Å². The molecular weight excluding hydrogens is 206 g/mol. The minimum Gasteiger partial charge on any atom is -0.153 e. The summed E-state index contributed by atoms with van der Waals surface area (Å²) in [5.74, 6) is 0. The van der Waals surface area contributed by atoms with Gasteiger partial charge in [-0.2, -0.15) is 19.8 Å². The van der Waals surface area contributed by atoms with E-state index in [1.54, 1.807) is 0 Å². The van der Waals surface area contributed by atoms with Crippen molar-refractivity contribution in [2.45, 2.75) is 0 Å². The minimum atomic E-state index is 0. The first-order chi connectivity index (χ1) is 5.97. The summed E-state index contributed by atoms with van der Waals surface area (Å²) >= 11 is 0. The molecule has 2 heteroatoms. The Bertz CT molecular complexity index is 306. The van der Waals surface area contributed by atoms with Gasteiger partial charge in [0.15, 0.2) is 0 Å². The Labute approximate surface area is 92.0 Å². The van der Waals surface area contributed by atoms with Crippen molar-refractivity contribution < 1.29 is 0 Å². The van der Waals surface area contributed by atoms with Gasteiger partial charge in [-0.25, -0.2) is 0 Å². The van der Waals surface area contributed by atoms with Crippen molar-refractivity contribution in [3.8, 4) is 11.1 Å². The summed E-state index contributed by atoms with van der Waals surface area (Å²) in [7, 11) is 0. The average molecular weight is 222 g/mol. The molecule has 0 saturated heterocycles. The molecule has 0 nitrogen and oxygen atoms in total. The number of hydrogen-bond donors (Lipinski definition) is 0. The van der Waals surface area contributed by atoms with Crippen molar-refractivity contribution in [3.05, 3.63) is 60.7 Å². The molecule has 0 N–H and O–H groups in total. The summed E-state index contributed by atoms with van der Waals surface area (Å²) < 4.78 is 0. The van der Waals surface area contributed by atoms with E-state index in [0.717, 1.165) is 0 Å². The number of rotatable bonds is 1. The van der Waals surface area contributed by atoms with Crippen LogP contribution in [0.25, 0.3) is 11.1 Å². The summed E-state index contributed by atoms with van der Waals surface area (Å²) in [4.78, 5) is 0. The second-order valence-electron chi connectivity index (χ2n) is 2.73. The van der Waals surface area contributed by atoms with Crippen molar-refractivity contribution in [2.24, 2.45) is 0 Å². The predicted octanol–water partition coefficient (Wildman–Crippen LogP) is 3.47. The van der Waals surface area contributed by atoms with Crippen LogP contribution in [-0.2, 0) is 0 Å². The minimum absolute atomic E-state index is 0. The van der Waals surface area contributed by atoms with Crippen molar-refractivity contribution in [2.75, 3.05) is 0 Å². The smallest absolute Gasteiger partial charge is 0.0184 e. The summed E-state index contributed by atoms with van der Waals surface area (Å²) in [5.41, 5.74) is 2.55. The van der Waals surface area contributed by atoms with E-state index in [1.165, 1.54) is 11.1 Å². The van der Waals surface area contributed by atoms with Crippen molar-refractivity contribution in [1.29, 1.82) is 0 Å². The third kappa shape index (κ3) is 3.22. The van der Waals surface area contributed by atoms with Gasteiger partial charge in [0.2, 0.25) is 0 Å². The molecule has 2 aromatic rings. The van der Waals surface area contributed by atoms with Crippen LogP contribution in [0.15, 0.2) is 60.7 Å². The lowest BCUT2D eigenvalue weighted by Gasteiger charge is -1.98. The summed E-state index contributed by atoms with van der Waals surface area (Å²) in [6, 6.07) is 20.8. The van der Waals surface area contributed by atoms with E-state index < -0.39 is 0 Å². The lowest BCUT2D eigenvalue weighted by molar-refractivity contribution is 1.62. The van der Waals surface area contributed by atoms with Gasteiger partial charge in [0.05, 0.1) is 0 Å². The van der Waals surface area contributed by atoms with Gasteiger partial charge < -0.3 is 0 Å². The SMILES string of the molecule is P.P.c1ccc(-c2ccccc2)cc1. The van der Waals surface area contributed by atoms with Gasteiger partial charge in [-0.1, -0.05) is 60.7 Å². The molecule has 2 rings (SSSR count). The molecule has 0 fully saturated rings. The topological polar surface area (TPSA) is 0 Å². The van der Waals surface area contributed by atoms with Gasteiger partial charge in [0.1, 0.15) is 0 Å². The molecule has 0 spiro atoms. The summed E-state index contributed by atoms with van der Waals surface area (Å²) in [5, 5.41) is 0. The monoisotopic (exact) mass is 222 g/mol. The Morgan fingerprint density at radius 3 is 1.00 bits per heavy atom. The second-order valence-corrected chi connectivity index (χ2v) is 2.73. The highest BCUT2D eigenvalue weighted by Crippen LogP contribution is 2.17. The van der Waals surface area contributed by atoms with E-state index in [1.807, 2.05) is 12.1 Å². The molecule has 0 radical (unpaired) electrons. The molecule has 14 heavy (non-hydrogen) atoms. The Hall–Kier alpha value is -0.700. The zero-order valence-electron chi connectivity index (χ0n) is 8.19. The molecule has 0 aliphatic rings. The first-order valence-corrected chi connectivity index (χ1v) is 4.07. The maximum Gasteiger partial charge on any atom is -0.0184 e. The summed E-state index contributed by atoms with van der Waals surface area (Å²) in [6.07, 6.45) is 0. The molecule has 0 aliphatic carbocycles. The van der Waals surface area contributed by atoms with Gasteiger partial charge in [0, 0.05) is 0 Å². The first kappa shape index (κ1) is 13.3. The fourth-order valence-electron chi connectivity index (χ4n) is 1.26. The van der Waals surface area contributed by atoms with Gasteiger partial charge >= 0.3 is 0 Å². The highest BCUT2D eigenvalue weighted by molar-refractivity contribution is 6.92. The van der Waals surface area contributed by atoms with E-state index in [4.69, 9.17) is 0 Å². The molecule has 0 aliphatic heterocycles. The van der Waals surface area contributed by atoms with Crippen molar-refractivity contribution >= 4 is 19.8 Å². The number of hydrogen-bond acceptors (Lipinski definition) is 0. The van der Waals surface area contributed by atoms with Crippen molar-refractivity contribution in [1.82, 2.24) is 0 Å². The molecule has 2 atom stereocenters. The normalized spacial score (nSPS) is 8.29. The van der Waals surface area contributed by atoms with E-state index in [9.17, 15) is 0 Å². The van der Waals surface area contributed by atoms with Crippen LogP contribution < -0.4 is 0 Å². The lowest BCUT2D eigenvalue weighted by Crippen LogP contribution is -1.73. The molecule has 2 aromatic carbocycles. The zero-order chi connectivity index (χ0) is 8.23. The molecule has 2 unspecified atom stereocenters. The zero-order valence-corrected chi connectivity index (χ0v) is 11.0. The molecule has 0 amide bonds. The Morgan fingerprint density at radius 1 is 0.429 bits per heavy atom. The van der Waals surface area contributed by atoms with Crippen molar-refractivity contribution in [3.63, 3.8) is 0 Å². The molecule has 74 valence electrons. The predicted molar refractivity (Wildman–Crippen MR) is 74.1 cm³/mol. The Balaban J connectivity index is 0.000000845.